The van der Waals surface area contributed by atoms with E-state index in [1.165, 1.54) is 6.92 Å². The van der Waals surface area contributed by atoms with E-state index in [1.807, 2.05) is 24.3 Å². The van der Waals surface area contributed by atoms with E-state index in [4.69, 9.17) is 0 Å². The lowest BCUT2D eigenvalue weighted by Gasteiger charge is -2.13. The Morgan fingerprint density at radius 3 is 2.29 bits per heavy atom. The summed E-state index contributed by atoms with van der Waals surface area (Å²) in [6.07, 6.45) is 0.241. The summed E-state index contributed by atoms with van der Waals surface area (Å²) in [6, 6.07) is 7.53. The second kappa shape index (κ2) is 3.20. The molecule has 0 fully saturated rings. The third-order valence-electron chi connectivity index (χ3n) is 1.97. The first-order chi connectivity index (χ1) is 6.59. The summed E-state index contributed by atoms with van der Waals surface area (Å²) in [5, 5.41) is 1.62. The number of para-hydroxylation sites is 2. The molecule has 1 aromatic carbocycles. The van der Waals surface area contributed by atoms with Crippen molar-refractivity contribution in [3.63, 3.8) is 0 Å². The SMILES string of the molecule is CC(=O)CC1(S)N=c2ccccc2=N1. The Kier molecular flexibility index (Phi) is 2.15. The van der Waals surface area contributed by atoms with Gasteiger partial charge in [0.05, 0.1) is 17.1 Å². The van der Waals surface area contributed by atoms with Gasteiger partial charge in [0, 0.05) is 0 Å². The smallest absolute Gasteiger partial charge is 0.202 e. The molecule has 0 saturated heterocycles. The van der Waals surface area contributed by atoms with Crippen LogP contribution in [-0.2, 0) is 4.79 Å². The molecule has 4 heteroatoms. The molecule has 0 N–H and O–H groups in total. The number of Topliss-reactive ketones (excluding diaryl/α,β-unsaturated/α-hetero) is 1. The standard InChI is InChI=1S/C10H10N2OS/c1-7(13)6-10(14)11-8-4-2-3-5-9(8)12-10/h2-5,14H,6H2,1H3. The van der Waals surface area contributed by atoms with Crippen molar-refractivity contribution in [1.82, 2.24) is 0 Å². The van der Waals surface area contributed by atoms with Crippen LogP contribution in [0.4, 0.5) is 0 Å². The van der Waals surface area contributed by atoms with Crippen LogP contribution in [0.5, 0.6) is 0 Å². The van der Waals surface area contributed by atoms with E-state index >= 15 is 0 Å². The largest absolute Gasteiger partial charge is 0.300 e. The molecule has 0 atom stereocenters. The van der Waals surface area contributed by atoms with Crippen LogP contribution in [0, 0.1) is 0 Å². The maximum atomic E-state index is 11.0. The van der Waals surface area contributed by atoms with Gasteiger partial charge < -0.3 is 0 Å². The average molecular weight is 206 g/mol. The number of rotatable bonds is 2. The van der Waals surface area contributed by atoms with Gasteiger partial charge in [-0.15, -0.1) is 12.6 Å². The molecule has 0 aromatic heterocycles. The number of thiol groups is 1. The topological polar surface area (TPSA) is 41.8 Å². The number of nitrogens with zero attached hydrogens (tertiary/aromatic N) is 2. The zero-order valence-electron chi connectivity index (χ0n) is 7.77. The summed E-state index contributed by atoms with van der Waals surface area (Å²) in [5.74, 6) is 0.0420. The van der Waals surface area contributed by atoms with Crippen LogP contribution in [-0.4, -0.2) is 10.8 Å². The van der Waals surface area contributed by atoms with E-state index in [-0.39, 0.29) is 12.2 Å². The maximum Gasteiger partial charge on any atom is 0.202 e. The normalized spacial score (nSPS) is 16.7. The Labute approximate surface area is 87.0 Å². The van der Waals surface area contributed by atoms with Gasteiger partial charge in [-0.25, -0.2) is 9.98 Å². The summed E-state index contributed by atoms with van der Waals surface area (Å²) >= 11 is 4.31. The van der Waals surface area contributed by atoms with Crippen molar-refractivity contribution in [1.29, 1.82) is 0 Å². The number of benzene rings is 1. The van der Waals surface area contributed by atoms with Gasteiger partial charge in [-0.2, -0.15) is 0 Å². The van der Waals surface area contributed by atoms with Gasteiger partial charge >= 0.3 is 0 Å². The lowest BCUT2D eigenvalue weighted by atomic mass is 10.2. The van der Waals surface area contributed by atoms with Crippen molar-refractivity contribution >= 4 is 18.4 Å². The first kappa shape index (κ1) is 9.40. The van der Waals surface area contributed by atoms with Crippen LogP contribution in [0.15, 0.2) is 34.3 Å². The Morgan fingerprint density at radius 2 is 1.86 bits per heavy atom. The molecule has 3 nitrogen and oxygen atoms in total. The number of carbonyl (C=O) groups is 1. The Morgan fingerprint density at radius 1 is 1.36 bits per heavy atom. The maximum absolute atomic E-state index is 11.0. The highest BCUT2D eigenvalue weighted by molar-refractivity contribution is 7.81. The summed E-state index contributed by atoms with van der Waals surface area (Å²) in [5.41, 5.74) is 0. The molecule has 0 unspecified atom stereocenters. The zero-order chi connectivity index (χ0) is 10.2. The quantitative estimate of drug-likeness (QED) is 0.703. The van der Waals surface area contributed by atoms with Gasteiger partial charge in [0.15, 0.2) is 0 Å². The number of fused-ring (bicyclic) bond motifs is 1. The van der Waals surface area contributed by atoms with Crippen LogP contribution in [0.1, 0.15) is 13.3 Å². The molecule has 0 amide bonds. The third-order valence-corrected chi connectivity index (χ3v) is 2.32. The van der Waals surface area contributed by atoms with Crippen molar-refractivity contribution in [2.24, 2.45) is 9.98 Å². The number of hydrogen-bond acceptors (Lipinski definition) is 4. The van der Waals surface area contributed by atoms with Crippen molar-refractivity contribution < 1.29 is 4.79 Å². The van der Waals surface area contributed by atoms with Crippen LogP contribution in [0.2, 0.25) is 0 Å². The first-order valence-corrected chi connectivity index (χ1v) is 4.80. The monoisotopic (exact) mass is 206 g/mol. The average Bonchev–Trinajstić information content (AvgIpc) is 2.38. The fourth-order valence-corrected chi connectivity index (χ4v) is 1.92. The number of carbonyl (C=O) groups excluding carboxylic acids is 1. The summed E-state index contributed by atoms with van der Waals surface area (Å²) in [7, 11) is 0. The molecule has 0 spiro atoms. The highest BCUT2D eigenvalue weighted by Crippen LogP contribution is 2.23. The Hall–Kier alpha value is -1.16. The van der Waals surface area contributed by atoms with Gasteiger partial charge in [0.25, 0.3) is 0 Å². The van der Waals surface area contributed by atoms with Crippen LogP contribution >= 0.6 is 12.6 Å². The van der Waals surface area contributed by atoms with E-state index in [2.05, 4.69) is 22.6 Å². The highest BCUT2D eigenvalue weighted by atomic mass is 32.1. The molecule has 0 radical (unpaired) electrons. The van der Waals surface area contributed by atoms with E-state index in [0.717, 1.165) is 10.7 Å². The molecular formula is C10H10N2OS. The van der Waals surface area contributed by atoms with Crippen molar-refractivity contribution in [3.05, 3.63) is 35.0 Å². The molecule has 14 heavy (non-hydrogen) atoms. The molecule has 0 bridgehead atoms. The first-order valence-electron chi connectivity index (χ1n) is 4.36. The third kappa shape index (κ3) is 1.70. The van der Waals surface area contributed by atoms with Gasteiger partial charge in [-0.1, -0.05) is 12.1 Å². The molecule has 0 saturated carbocycles. The van der Waals surface area contributed by atoms with Crippen LogP contribution < -0.4 is 10.7 Å². The fraction of sp³-hybridized carbons (Fsp3) is 0.300. The van der Waals surface area contributed by atoms with E-state index in [9.17, 15) is 4.79 Å². The minimum Gasteiger partial charge on any atom is -0.300 e. The van der Waals surface area contributed by atoms with E-state index < -0.39 is 4.99 Å². The van der Waals surface area contributed by atoms with Crippen molar-refractivity contribution in [2.75, 3.05) is 0 Å². The summed E-state index contributed by atoms with van der Waals surface area (Å²) in [4.78, 5) is 18.7. The van der Waals surface area contributed by atoms with Gasteiger partial charge in [-0.05, 0) is 19.1 Å². The fourth-order valence-electron chi connectivity index (χ4n) is 1.48. The second-order valence-electron chi connectivity index (χ2n) is 3.37. The molecule has 1 heterocycles. The van der Waals surface area contributed by atoms with Gasteiger partial charge in [0.1, 0.15) is 5.78 Å². The minimum absolute atomic E-state index is 0.0420. The number of ketones is 1. The highest BCUT2D eigenvalue weighted by Gasteiger charge is 2.27. The molecule has 72 valence electrons. The summed E-state index contributed by atoms with van der Waals surface area (Å²) < 4.78 is 0. The minimum atomic E-state index is -0.879. The molecule has 0 aliphatic carbocycles. The lowest BCUT2D eigenvalue weighted by Crippen LogP contribution is -2.19. The molecule has 1 aromatic rings. The van der Waals surface area contributed by atoms with Crippen LogP contribution in [0.3, 0.4) is 0 Å². The van der Waals surface area contributed by atoms with E-state index in [1.54, 1.807) is 0 Å². The Bertz CT molecular complexity index is 460. The van der Waals surface area contributed by atoms with E-state index in [0.29, 0.717) is 0 Å². The molecule has 1 aliphatic heterocycles. The Balaban J connectivity index is 2.48. The van der Waals surface area contributed by atoms with Crippen molar-refractivity contribution in [2.45, 2.75) is 18.3 Å². The van der Waals surface area contributed by atoms with Gasteiger partial charge in [-0.3, -0.25) is 4.79 Å². The molecule has 1 aliphatic rings. The zero-order valence-corrected chi connectivity index (χ0v) is 8.66. The lowest BCUT2D eigenvalue weighted by molar-refractivity contribution is -0.117. The van der Waals surface area contributed by atoms with Crippen molar-refractivity contribution in [3.8, 4) is 0 Å². The molecule has 2 rings (SSSR count). The predicted molar refractivity (Wildman–Crippen MR) is 55.8 cm³/mol. The molecular weight excluding hydrogens is 196 g/mol. The summed E-state index contributed by atoms with van der Waals surface area (Å²) in [6.45, 7) is 1.52. The number of hydrogen-bond donors (Lipinski definition) is 1. The van der Waals surface area contributed by atoms with Crippen LogP contribution in [0.25, 0.3) is 0 Å². The predicted octanol–water partition coefficient (Wildman–Crippen LogP) is 0.502. The van der Waals surface area contributed by atoms with Gasteiger partial charge in [0.2, 0.25) is 4.99 Å². The second-order valence-corrected chi connectivity index (χ2v) is 4.08.